The SMILES string of the molecule is O=C(CN1C(=O)CCOc2ccccc21)NCc1cc([N+](=O)[O-])ccc1[O-]. The molecule has 0 spiro atoms. The molecular weight excluding hydrogens is 354 g/mol. The van der Waals surface area contributed by atoms with Gasteiger partial charge in [-0.3, -0.25) is 24.6 Å². The molecule has 0 unspecified atom stereocenters. The second-order valence-electron chi connectivity index (χ2n) is 5.87. The van der Waals surface area contributed by atoms with E-state index in [1.54, 1.807) is 24.3 Å². The van der Waals surface area contributed by atoms with Crippen molar-refractivity contribution in [1.29, 1.82) is 0 Å². The standard InChI is InChI=1S/C18H17N3O6/c22-15-6-5-13(21(25)26)9-12(15)10-19-17(23)11-20-14-3-1-2-4-16(14)27-8-7-18(20)24/h1-6,9,22H,7-8,10-11H2,(H,19,23)/p-1. The van der Waals surface area contributed by atoms with E-state index >= 15 is 0 Å². The number of carbonyl (C=O) groups excluding carboxylic acids is 2. The highest BCUT2D eigenvalue weighted by molar-refractivity contribution is 6.00. The Kier molecular flexibility index (Phi) is 5.20. The number of anilines is 1. The van der Waals surface area contributed by atoms with Gasteiger partial charge in [0.05, 0.1) is 23.6 Å². The molecule has 1 aliphatic rings. The highest BCUT2D eigenvalue weighted by Gasteiger charge is 2.24. The van der Waals surface area contributed by atoms with Crippen LogP contribution < -0.4 is 20.1 Å². The Bertz CT molecular complexity index is 898. The number of nitro groups is 1. The zero-order valence-electron chi connectivity index (χ0n) is 14.2. The van der Waals surface area contributed by atoms with Crippen molar-refractivity contribution in [3.8, 4) is 11.5 Å². The van der Waals surface area contributed by atoms with Crippen molar-refractivity contribution >= 4 is 23.2 Å². The molecule has 0 atom stereocenters. The van der Waals surface area contributed by atoms with Gasteiger partial charge in [0.2, 0.25) is 11.8 Å². The van der Waals surface area contributed by atoms with Crippen LogP contribution in [0.3, 0.4) is 0 Å². The molecule has 27 heavy (non-hydrogen) atoms. The Balaban J connectivity index is 1.70. The monoisotopic (exact) mass is 370 g/mol. The number of nitrogens with one attached hydrogen (secondary N) is 1. The summed E-state index contributed by atoms with van der Waals surface area (Å²) in [6.45, 7) is -0.191. The lowest BCUT2D eigenvalue weighted by molar-refractivity contribution is -0.385. The number of nitrogens with zero attached hydrogens (tertiary/aromatic N) is 2. The Morgan fingerprint density at radius 3 is 2.81 bits per heavy atom. The number of rotatable bonds is 5. The highest BCUT2D eigenvalue weighted by atomic mass is 16.6. The van der Waals surface area contributed by atoms with E-state index in [2.05, 4.69) is 5.32 Å². The fourth-order valence-corrected chi connectivity index (χ4v) is 2.70. The van der Waals surface area contributed by atoms with Gasteiger partial charge in [0.15, 0.2) is 0 Å². The van der Waals surface area contributed by atoms with Gasteiger partial charge < -0.3 is 15.2 Å². The first-order valence-electron chi connectivity index (χ1n) is 8.19. The van der Waals surface area contributed by atoms with E-state index < -0.39 is 16.6 Å². The van der Waals surface area contributed by atoms with Gasteiger partial charge in [0, 0.05) is 18.7 Å². The van der Waals surface area contributed by atoms with Gasteiger partial charge in [-0.2, -0.15) is 0 Å². The van der Waals surface area contributed by atoms with Crippen LogP contribution in [0.1, 0.15) is 12.0 Å². The van der Waals surface area contributed by atoms with E-state index in [-0.39, 0.29) is 43.3 Å². The normalized spacial score (nSPS) is 13.3. The van der Waals surface area contributed by atoms with Gasteiger partial charge in [-0.15, -0.1) is 5.75 Å². The van der Waals surface area contributed by atoms with Crippen molar-refractivity contribution in [2.45, 2.75) is 13.0 Å². The predicted octanol–water partition coefficient (Wildman–Crippen LogP) is 1.10. The Morgan fingerprint density at radius 2 is 2.04 bits per heavy atom. The summed E-state index contributed by atoms with van der Waals surface area (Å²) in [5.74, 6) is -0.650. The second kappa shape index (κ2) is 7.73. The van der Waals surface area contributed by atoms with E-state index in [0.29, 0.717) is 11.4 Å². The molecule has 0 fully saturated rings. The summed E-state index contributed by atoms with van der Waals surface area (Å²) >= 11 is 0. The van der Waals surface area contributed by atoms with Gasteiger partial charge in [0.1, 0.15) is 12.3 Å². The van der Waals surface area contributed by atoms with Crippen LogP contribution in [-0.4, -0.2) is 29.9 Å². The van der Waals surface area contributed by atoms with Crippen LogP contribution in [0, 0.1) is 10.1 Å². The lowest BCUT2D eigenvalue weighted by Crippen LogP contribution is -2.40. The number of ether oxygens (including phenoxy) is 1. The van der Waals surface area contributed by atoms with Crippen LogP contribution in [0.25, 0.3) is 0 Å². The van der Waals surface area contributed by atoms with Crippen molar-refractivity contribution in [3.63, 3.8) is 0 Å². The number of para-hydroxylation sites is 2. The average molecular weight is 370 g/mol. The van der Waals surface area contributed by atoms with Crippen molar-refractivity contribution < 1.29 is 24.4 Å². The predicted molar refractivity (Wildman–Crippen MR) is 93.3 cm³/mol. The van der Waals surface area contributed by atoms with Crippen LogP contribution >= 0.6 is 0 Å². The van der Waals surface area contributed by atoms with Crippen molar-refractivity contribution in [1.82, 2.24) is 5.32 Å². The summed E-state index contributed by atoms with van der Waals surface area (Å²) in [7, 11) is 0. The molecule has 1 N–H and O–H groups in total. The molecule has 2 aromatic rings. The molecule has 3 rings (SSSR count). The van der Waals surface area contributed by atoms with Gasteiger partial charge in [-0.1, -0.05) is 18.2 Å². The number of nitro benzene ring substituents is 1. The maximum atomic E-state index is 12.3. The summed E-state index contributed by atoms with van der Waals surface area (Å²) < 4.78 is 5.51. The zero-order valence-corrected chi connectivity index (χ0v) is 14.2. The minimum Gasteiger partial charge on any atom is -0.872 e. The molecule has 2 aromatic carbocycles. The van der Waals surface area contributed by atoms with E-state index in [0.717, 1.165) is 18.2 Å². The number of amides is 2. The topological polar surface area (TPSA) is 125 Å². The van der Waals surface area contributed by atoms with Crippen molar-refractivity contribution in [2.75, 3.05) is 18.1 Å². The van der Waals surface area contributed by atoms with E-state index in [1.165, 1.54) is 4.90 Å². The maximum absolute atomic E-state index is 12.3. The number of carbonyl (C=O) groups is 2. The molecule has 0 bridgehead atoms. The van der Waals surface area contributed by atoms with Gasteiger partial charge in [0.25, 0.3) is 5.69 Å². The van der Waals surface area contributed by atoms with Crippen molar-refractivity contribution in [2.24, 2.45) is 0 Å². The number of fused-ring (bicyclic) bond motifs is 1. The lowest BCUT2D eigenvalue weighted by atomic mass is 10.1. The van der Waals surface area contributed by atoms with E-state index in [9.17, 15) is 24.8 Å². The third-order valence-corrected chi connectivity index (χ3v) is 4.06. The molecule has 2 amide bonds. The third-order valence-electron chi connectivity index (χ3n) is 4.06. The van der Waals surface area contributed by atoms with Gasteiger partial charge in [-0.05, 0) is 17.7 Å². The largest absolute Gasteiger partial charge is 0.872 e. The van der Waals surface area contributed by atoms with Crippen LogP contribution in [-0.2, 0) is 16.1 Å². The molecule has 140 valence electrons. The van der Waals surface area contributed by atoms with E-state index in [1.807, 2.05) is 0 Å². The highest BCUT2D eigenvalue weighted by Crippen LogP contribution is 2.30. The Hall–Kier alpha value is -3.62. The summed E-state index contributed by atoms with van der Waals surface area (Å²) in [6.07, 6.45) is 0.136. The maximum Gasteiger partial charge on any atom is 0.269 e. The van der Waals surface area contributed by atoms with Gasteiger partial charge >= 0.3 is 0 Å². The molecule has 0 radical (unpaired) electrons. The first kappa shape index (κ1) is 18.2. The fraction of sp³-hybridized carbons (Fsp3) is 0.222. The Labute approximate surface area is 154 Å². The summed E-state index contributed by atoms with van der Waals surface area (Å²) in [5, 5.41) is 25.1. The van der Waals surface area contributed by atoms with Crippen LogP contribution in [0.2, 0.25) is 0 Å². The second-order valence-corrected chi connectivity index (χ2v) is 5.87. The lowest BCUT2D eigenvalue weighted by Gasteiger charge is -2.21. The van der Waals surface area contributed by atoms with E-state index in [4.69, 9.17) is 4.74 Å². The summed E-state index contributed by atoms with van der Waals surface area (Å²) in [5.41, 5.74) is 0.367. The first-order chi connectivity index (χ1) is 13.0. The molecule has 9 nitrogen and oxygen atoms in total. The fourth-order valence-electron chi connectivity index (χ4n) is 2.70. The number of non-ortho nitro benzene ring substituents is 1. The minimum atomic E-state index is -0.614. The van der Waals surface area contributed by atoms with Crippen LogP contribution in [0.4, 0.5) is 11.4 Å². The average Bonchev–Trinajstić information content (AvgIpc) is 2.80. The molecule has 9 heteroatoms. The molecule has 0 saturated carbocycles. The first-order valence-corrected chi connectivity index (χ1v) is 8.19. The quantitative estimate of drug-likeness (QED) is 0.621. The third kappa shape index (κ3) is 4.14. The summed E-state index contributed by atoms with van der Waals surface area (Å²) in [4.78, 5) is 36.1. The van der Waals surface area contributed by atoms with Gasteiger partial charge in [-0.25, -0.2) is 0 Å². The molecule has 1 heterocycles. The molecule has 1 aliphatic heterocycles. The molecule has 0 aliphatic carbocycles. The number of hydrogen-bond donors (Lipinski definition) is 1. The number of benzene rings is 2. The minimum absolute atomic E-state index is 0.100. The smallest absolute Gasteiger partial charge is 0.269 e. The van der Waals surface area contributed by atoms with Crippen LogP contribution in [0.15, 0.2) is 42.5 Å². The molecule has 0 saturated heterocycles. The van der Waals surface area contributed by atoms with Crippen LogP contribution in [0.5, 0.6) is 11.5 Å². The molecular formula is C18H16N3O6-. The number of hydrogen-bond acceptors (Lipinski definition) is 6. The van der Waals surface area contributed by atoms with Crippen molar-refractivity contribution in [3.05, 3.63) is 58.1 Å². The zero-order chi connectivity index (χ0) is 19.4. The Morgan fingerprint density at radius 1 is 1.26 bits per heavy atom. The summed E-state index contributed by atoms with van der Waals surface area (Å²) in [6, 6.07) is 10.2. The molecule has 0 aromatic heterocycles.